The minimum Gasteiger partial charge on any atom is -0.314 e. The Balaban J connectivity index is 1.96. The SMILES string of the molecule is CCCNC(Cc1ncnn1C(C)C)CC1CCCC1. The molecule has 1 atom stereocenters. The molecule has 0 aromatic carbocycles. The zero-order valence-corrected chi connectivity index (χ0v) is 13.3. The smallest absolute Gasteiger partial charge is 0.138 e. The van der Waals surface area contributed by atoms with Gasteiger partial charge in [-0.05, 0) is 39.2 Å². The van der Waals surface area contributed by atoms with Crippen molar-refractivity contribution in [2.24, 2.45) is 5.92 Å². The monoisotopic (exact) mass is 278 g/mol. The Morgan fingerprint density at radius 3 is 2.75 bits per heavy atom. The van der Waals surface area contributed by atoms with Gasteiger partial charge in [0, 0.05) is 18.5 Å². The lowest BCUT2D eigenvalue weighted by Gasteiger charge is -2.22. The van der Waals surface area contributed by atoms with Gasteiger partial charge in [0.15, 0.2) is 0 Å². The largest absolute Gasteiger partial charge is 0.314 e. The predicted molar refractivity (Wildman–Crippen MR) is 82.8 cm³/mol. The van der Waals surface area contributed by atoms with Crippen LogP contribution < -0.4 is 5.32 Å². The van der Waals surface area contributed by atoms with Crippen LogP contribution in [0.3, 0.4) is 0 Å². The van der Waals surface area contributed by atoms with Gasteiger partial charge in [-0.15, -0.1) is 0 Å². The highest BCUT2D eigenvalue weighted by molar-refractivity contribution is 4.92. The highest BCUT2D eigenvalue weighted by Crippen LogP contribution is 2.29. The molecule has 1 saturated carbocycles. The first kappa shape index (κ1) is 15.5. The van der Waals surface area contributed by atoms with Gasteiger partial charge in [0.2, 0.25) is 0 Å². The topological polar surface area (TPSA) is 42.7 Å². The molecule has 0 spiro atoms. The Bertz CT molecular complexity index is 380. The average molecular weight is 278 g/mol. The van der Waals surface area contributed by atoms with Crippen molar-refractivity contribution in [3.8, 4) is 0 Å². The van der Waals surface area contributed by atoms with Crippen LogP contribution in [0.1, 0.15) is 71.2 Å². The van der Waals surface area contributed by atoms with Crippen molar-refractivity contribution in [3.05, 3.63) is 12.2 Å². The maximum absolute atomic E-state index is 4.47. The molecule has 1 unspecified atom stereocenters. The van der Waals surface area contributed by atoms with Gasteiger partial charge < -0.3 is 5.32 Å². The maximum atomic E-state index is 4.47. The number of aromatic nitrogens is 3. The average Bonchev–Trinajstić information content (AvgIpc) is 3.07. The van der Waals surface area contributed by atoms with E-state index < -0.39 is 0 Å². The van der Waals surface area contributed by atoms with Crippen LogP contribution in [0.4, 0.5) is 0 Å². The summed E-state index contributed by atoms with van der Waals surface area (Å²) in [7, 11) is 0. The van der Waals surface area contributed by atoms with E-state index in [1.54, 1.807) is 6.33 Å². The van der Waals surface area contributed by atoms with Gasteiger partial charge in [0.05, 0.1) is 0 Å². The number of nitrogens with one attached hydrogen (secondary N) is 1. The van der Waals surface area contributed by atoms with Crippen molar-refractivity contribution in [2.75, 3.05) is 6.54 Å². The molecule has 20 heavy (non-hydrogen) atoms. The second kappa shape index (κ2) is 7.77. The van der Waals surface area contributed by atoms with E-state index in [4.69, 9.17) is 0 Å². The van der Waals surface area contributed by atoms with Gasteiger partial charge in [-0.1, -0.05) is 32.6 Å². The zero-order valence-electron chi connectivity index (χ0n) is 13.3. The summed E-state index contributed by atoms with van der Waals surface area (Å²) in [6, 6.07) is 0.950. The van der Waals surface area contributed by atoms with Crippen LogP contribution in [0, 0.1) is 5.92 Å². The normalized spacial score (nSPS) is 18.0. The van der Waals surface area contributed by atoms with Gasteiger partial charge in [-0.3, -0.25) is 0 Å². The molecule has 1 aromatic heterocycles. The summed E-state index contributed by atoms with van der Waals surface area (Å²) in [5.74, 6) is 2.05. The molecule has 1 aromatic rings. The van der Waals surface area contributed by atoms with Crippen LogP contribution in [-0.4, -0.2) is 27.4 Å². The summed E-state index contributed by atoms with van der Waals surface area (Å²) < 4.78 is 2.06. The van der Waals surface area contributed by atoms with E-state index in [2.05, 4.69) is 40.9 Å². The van der Waals surface area contributed by atoms with Crippen LogP contribution in [0.25, 0.3) is 0 Å². The molecule has 1 aliphatic carbocycles. The Hall–Kier alpha value is -0.900. The summed E-state index contributed by atoms with van der Waals surface area (Å²) in [6.07, 6.45) is 10.9. The Morgan fingerprint density at radius 2 is 2.10 bits per heavy atom. The third-order valence-corrected chi connectivity index (χ3v) is 4.34. The van der Waals surface area contributed by atoms with E-state index in [9.17, 15) is 0 Å². The molecule has 0 radical (unpaired) electrons. The van der Waals surface area contributed by atoms with Gasteiger partial charge in [-0.2, -0.15) is 5.10 Å². The van der Waals surface area contributed by atoms with Gasteiger partial charge in [0.25, 0.3) is 0 Å². The van der Waals surface area contributed by atoms with Crippen molar-refractivity contribution in [3.63, 3.8) is 0 Å². The third-order valence-electron chi connectivity index (χ3n) is 4.34. The van der Waals surface area contributed by atoms with E-state index in [0.29, 0.717) is 12.1 Å². The molecule has 0 bridgehead atoms. The summed E-state index contributed by atoms with van der Waals surface area (Å²) in [5, 5.41) is 8.08. The van der Waals surface area contributed by atoms with Crippen molar-refractivity contribution < 1.29 is 0 Å². The number of nitrogens with zero attached hydrogens (tertiary/aromatic N) is 3. The maximum Gasteiger partial charge on any atom is 0.138 e. The van der Waals surface area contributed by atoms with E-state index in [1.807, 2.05) is 0 Å². The second-order valence-corrected chi connectivity index (χ2v) is 6.46. The standard InChI is InChI=1S/C16H30N4/c1-4-9-17-15(10-14-7-5-6-8-14)11-16-18-12-19-20(16)13(2)3/h12-15,17H,4-11H2,1-3H3. The first-order valence-corrected chi connectivity index (χ1v) is 8.32. The molecule has 0 saturated heterocycles. The Kier molecular flexibility index (Phi) is 6.02. The van der Waals surface area contributed by atoms with Crippen molar-refractivity contribution in [2.45, 2.75) is 77.8 Å². The Labute approximate surface area is 123 Å². The summed E-state index contributed by atoms with van der Waals surface area (Å²) in [6.45, 7) is 7.68. The molecule has 4 heteroatoms. The fourth-order valence-corrected chi connectivity index (χ4v) is 3.31. The highest BCUT2D eigenvalue weighted by Gasteiger charge is 2.21. The van der Waals surface area contributed by atoms with Gasteiger partial charge >= 0.3 is 0 Å². The molecule has 0 amide bonds. The van der Waals surface area contributed by atoms with E-state index in [0.717, 1.165) is 24.7 Å². The molecule has 4 nitrogen and oxygen atoms in total. The molecule has 1 fully saturated rings. The minimum atomic E-state index is 0.394. The van der Waals surface area contributed by atoms with Crippen LogP contribution in [0.5, 0.6) is 0 Å². The lowest BCUT2D eigenvalue weighted by Crippen LogP contribution is -2.34. The lowest BCUT2D eigenvalue weighted by molar-refractivity contribution is 0.371. The number of hydrogen-bond acceptors (Lipinski definition) is 3. The molecule has 1 aliphatic rings. The highest BCUT2D eigenvalue weighted by atomic mass is 15.3. The molecule has 114 valence electrons. The molecular weight excluding hydrogens is 248 g/mol. The predicted octanol–water partition coefficient (Wildman–Crippen LogP) is 3.35. The minimum absolute atomic E-state index is 0.394. The van der Waals surface area contributed by atoms with E-state index >= 15 is 0 Å². The zero-order chi connectivity index (χ0) is 14.4. The number of rotatable bonds is 8. The van der Waals surface area contributed by atoms with Crippen molar-refractivity contribution >= 4 is 0 Å². The first-order valence-electron chi connectivity index (χ1n) is 8.32. The van der Waals surface area contributed by atoms with Gasteiger partial charge in [0.1, 0.15) is 12.2 Å². The molecule has 1 heterocycles. The Morgan fingerprint density at radius 1 is 1.35 bits per heavy atom. The van der Waals surface area contributed by atoms with Crippen molar-refractivity contribution in [1.29, 1.82) is 0 Å². The lowest BCUT2D eigenvalue weighted by atomic mass is 9.96. The fourth-order valence-electron chi connectivity index (χ4n) is 3.31. The van der Waals surface area contributed by atoms with Crippen LogP contribution in [0.2, 0.25) is 0 Å². The van der Waals surface area contributed by atoms with E-state index in [1.165, 1.54) is 38.5 Å². The van der Waals surface area contributed by atoms with E-state index in [-0.39, 0.29) is 0 Å². The van der Waals surface area contributed by atoms with Crippen LogP contribution >= 0.6 is 0 Å². The van der Waals surface area contributed by atoms with Crippen molar-refractivity contribution in [1.82, 2.24) is 20.1 Å². The number of hydrogen-bond donors (Lipinski definition) is 1. The molecule has 0 aliphatic heterocycles. The molecule has 1 N–H and O–H groups in total. The second-order valence-electron chi connectivity index (χ2n) is 6.46. The fraction of sp³-hybridized carbons (Fsp3) is 0.875. The third kappa shape index (κ3) is 4.30. The van der Waals surface area contributed by atoms with Gasteiger partial charge in [-0.25, -0.2) is 9.67 Å². The van der Waals surface area contributed by atoms with Crippen LogP contribution in [0.15, 0.2) is 6.33 Å². The molecule has 2 rings (SSSR count). The quantitative estimate of drug-likeness (QED) is 0.793. The first-order chi connectivity index (χ1) is 9.70. The van der Waals surface area contributed by atoms with Crippen LogP contribution in [-0.2, 0) is 6.42 Å². The summed E-state index contributed by atoms with van der Waals surface area (Å²) in [4.78, 5) is 4.47. The summed E-state index contributed by atoms with van der Waals surface area (Å²) >= 11 is 0. The summed E-state index contributed by atoms with van der Waals surface area (Å²) in [5.41, 5.74) is 0. The molecular formula is C16H30N4.